The van der Waals surface area contributed by atoms with Crippen molar-refractivity contribution in [2.75, 3.05) is 4.90 Å². The SMILES string of the molecule is O=C1c2ccccc2C(=O)N1c1ccc(-c2ccc(C(F)(F)F)cc2)cc1. The summed E-state index contributed by atoms with van der Waals surface area (Å²) in [7, 11) is 0. The van der Waals surface area contributed by atoms with E-state index in [9.17, 15) is 22.8 Å². The zero-order valence-corrected chi connectivity index (χ0v) is 13.8. The number of carbonyl (C=O) groups excluding carboxylic acids is 2. The first-order chi connectivity index (χ1) is 12.9. The lowest BCUT2D eigenvalue weighted by atomic mass is 10.0. The van der Waals surface area contributed by atoms with Gasteiger partial charge in [0.25, 0.3) is 11.8 Å². The smallest absolute Gasteiger partial charge is 0.268 e. The molecule has 0 bridgehead atoms. The van der Waals surface area contributed by atoms with Crippen molar-refractivity contribution in [2.24, 2.45) is 0 Å². The normalized spacial score (nSPS) is 13.8. The van der Waals surface area contributed by atoms with Crippen molar-refractivity contribution in [3.05, 3.63) is 89.5 Å². The van der Waals surface area contributed by atoms with Gasteiger partial charge in [-0.25, -0.2) is 4.90 Å². The number of nitrogens with zero attached hydrogens (tertiary/aromatic N) is 1. The van der Waals surface area contributed by atoms with E-state index in [0.29, 0.717) is 27.9 Å². The summed E-state index contributed by atoms with van der Waals surface area (Å²) in [5.41, 5.74) is 1.70. The van der Waals surface area contributed by atoms with Gasteiger partial charge in [0.05, 0.1) is 22.4 Å². The second-order valence-electron chi connectivity index (χ2n) is 6.11. The molecule has 0 unspecified atom stereocenters. The summed E-state index contributed by atoms with van der Waals surface area (Å²) in [5.74, 6) is -0.782. The lowest BCUT2D eigenvalue weighted by molar-refractivity contribution is -0.137. The number of alkyl halides is 3. The van der Waals surface area contributed by atoms with E-state index in [4.69, 9.17) is 0 Å². The summed E-state index contributed by atoms with van der Waals surface area (Å²) in [5, 5.41) is 0. The van der Waals surface area contributed by atoms with Crippen LogP contribution >= 0.6 is 0 Å². The summed E-state index contributed by atoms with van der Waals surface area (Å²) in [4.78, 5) is 26.1. The molecular formula is C21H12F3NO2. The maximum atomic E-state index is 12.7. The zero-order chi connectivity index (χ0) is 19.2. The molecule has 4 rings (SSSR count). The van der Waals surface area contributed by atoms with Crippen LogP contribution in [0.1, 0.15) is 26.3 Å². The van der Waals surface area contributed by atoms with Crippen LogP contribution in [0.15, 0.2) is 72.8 Å². The Bertz CT molecular complexity index is 1000. The highest BCUT2D eigenvalue weighted by molar-refractivity contribution is 6.34. The fourth-order valence-electron chi connectivity index (χ4n) is 3.08. The van der Waals surface area contributed by atoms with E-state index in [1.807, 2.05) is 0 Å². The van der Waals surface area contributed by atoms with Crippen LogP contribution in [0.4, 0.5) is 18.9 Å². The van der Waals surface area contributed by atoms with Crippen LogP contribution in [0.2, 0.25) is 0 Å². The van der Waals surface area contributed by atoms with Gasteiger partial charge in [-0.15, -0.1) is 0 Å². The van der Waals surface area contributed by atoms with Gasteiger partial charge in [-0.3, -0.25) is 9.59 Å². The standard InChI is InChI=1S/C21H12F3NO2/c22-21(23,24)15-9-5-13(6-10-15)14-7-11-16(12-8-14)25-19(26)17-3-1-2-4-18(17)20(25)27/h1-12H. The third kappa shape index (κ3) is 2.89. The summed E-state index contributed by atoms with van der Waals surface area (Å²) >= 11 is 0. The number of carbonyl (C=O) groups is 2. The molecule has 3 aromatic rings. The number of halogens is 3. The molecule has 0 spiro atoms. The van der Waals surface area contributed by atoms with Gasteiger partial charge in [-0.2, -0.15) is 13.2 Å². The Kier molecular flexibility index (Phi) is 3.84. The predicted octanol–water partition coefficient (Wildman–Crippen LogP) is 5.17. The lowest BCUT2D eigenvalue weighted by Gasteiger charge is -2.14. The van der Waals surface area contributed by atoms with Gasteiger partial charge < -0.3 is 0 Å². The largest absolute Gasteiger partial charge is 0.416 e. The minimum atomic E-state index is -4.38. The van der Waals surface area contributed by atoms with E-state index < -0.39 is 23.6 Å². The molecule has 6 heteroatoms. The summed E-state index contributed by atoms with van der Waals surface area (Å²) in [6.45, 7) is 0. The van der Waals surface area contributed by atoms with Gasteiger partial charge in [-0.05, 0) is 47.5 Å². The molecule has 2 amide bonds. The first-order valence-electron chi connectivity index (χ1n) is 8.12. The number of rotatable bonds is 2. The predicted molar refractivity (Wildman–Crippen MR) is 94.5 cm³/mol. The lowest BCUT2D eigenvalue weighted by Crippen LogP contribution is -2.29. The Hall–Kier alpha value is -3.41. The quantitative estimate of drug-likeness (QED) is 0.586. The van der Waals surface area contributed by atoms with Crippen molar-refractivity contribution in [3.63, 3.8) is 0 Å². The van der Waals surface area contributed by atoms with E-state index in [2.05, 4.69) is 0 Å². The number of hydrogen-bond donors (Lipinski definition) is 0. The Morgan fingerprint density at radius 1 is 0.630 bits per heavy atom. The number of fused-ring (bicyclic) bond motifs is 1. The Morgan fingerprint density at radius 3 is 1.52 bits per heavy atom. The zero-order valence-electron chi connectivity index (χ0n) is 13.8. The second-order valence-corrected chi connectivity index (χ2v) is 6.11. The van der Waals surface area contributed by atoms with Gasteiger partial charge in [0.2, 0.25) is 0 Å². The third-order valence-electron chi connectivity index (χ3n) is 4.47. The molecule has 27 heavy (non-hydrogen) atoms. The molecule has 1 aliphatic rings. The number of hydrogen-bond acceptors (Lipinski definition) is 2. The minimum absolute atomic E-state index is 0.356. The Morgan fingerprint density at radius 2 is 1.07 bits per heavy atom. The number of anilines is 1. The second kappa shape index (κ2) is 6.09. The molecule has 0 N–H and O–H groups in total. The highest BCUT2D eigenvalue weighted by atomic mass is 19.4. The van der Waals surface area contributed by atoms with Gasteiger partial charge in [-0.1, -0.05) is 36.4 Å². The van der Waals surface area contributed by atoms with Gasteiger partial charge in [0, 0.05) is 0 Å². The van der Waals surface area contributed by atoms with Crippen LogP contribution in [0.5, 0.6) is 0 Å². The molecule has 3 nitrogen and oxygen atoms in total. The summed E-state index contributed by atoms with van der Waals surface area (Å²) < 4.78 is 38.0. The number of imide groups is 1. The molecule has 1 heterocycles. The van der Waals surface area contributed by atoms with E-state index in [-0.39, 0.29) is 0 Å². The van der Waals surface area contributed by atoms with Crippen molar-refractivity contribution in [1.29, 1.82) is 0 Å². The Balaban J connectivity index is 1.62. The molecule has 134 valence electrons. The first-order valence-corrected chi connectivity index (χ1v) is 8.12. The molecule has 0 atom stereocenters. The first kappa shape index (κ1) is 17.0. The monoisotopic (exact) mass is 367 g/mol. The number of benzene rings is 3. The van der Waals surface area contributed by atoms with E-state index in [0.717, 1.165) is 17.0 Å². The Labute approximate surface area is 152 Å². The summed E-state index contributed by atoms with van der Waals surface area (Å²) in [6.07, 6.45) is -4.38. The molecule has 1 aliphatic heterocycles. The van der Waals surface area contributed by atoms with Gasteiger partial charge in [0.15, 0.2) is 0 Å². The minimum Gasteiger partial charge on any atom is -0.268 e. The van der Waals surface area contributed by atoms with Crippen LogP contribution in [0.3, 0.4) is 0 Å². The van der Waals surface area contributed by atoms with Crippen molar-refractivity contribution in [3.8, 4) is 11.1 Å². The average Bonchev–Trinajstić information content (AvgIpc) is 2.92. The van der Waals surface area contributed by atoms with Crippen molar-refractivity contribution >= 4 is 17.5 Å². The van der Waals surface area contributed by atoms with Crippen molar-refractivity contribution < 1.29 is 22.8 Å². The van der Waals surface area contributed by atoms with E-state index in [1.165, 1.54) is 12.1 Å². The topological polar surface area (TPSA) is 37.4 Å². The molecule has 0 saturated carbocycles. The van der Waals surface area contributed by atoms with Crippen molar-refractivity contribution in [1.82, 2.24) is 0 Å². The number of amides is 2. The van der Waals surface area contributed by atoms with Crippen LogP contribution in [-0.2, 0) is 6.18 Å². The highest BCUT2D eigenvalue weighted by Gasteiger charge is 2.36. The molecule has 0 aliphatic carbocycles. The highest BCUT2D eigenvalue weighted by Crippen LogP contribution is 2.32. The van der Waals surface area contributed by atoms with Crippen LogP contribution < -0.4 is 4.90 Å². The average molecular weight is 367 g/mol. The van der Waals surface area contributed by atoms with Crippen LogP contribution in [-0.4, -0.2) is 11.8 Å². The van der Waals surface area contributed by atoms with Crippen molar-refractivity contribution in [2.45, 2.75) is 6.18 Å². The van der Waals surface area contributed by atoms with Gasteiger partial charge >= 0.3 is 6.18 Å². The van der Waals surface area contributed by atoms with E-state index >= 15 is 0 Å². The third-order valence-corrected chi connectivity index (χ3v) is 4.47. The van der Waals surface area contributed by atoms with E-state index in [1.54, 1.807) is 48.5 Å². The van der Waals surface area contributed by atoms with Gasteiger partial charge in [0.1, 0.15) is 0 Å². The molecule has 3 aromatic carbocycles. The molecule has 0 fully saturated rings. The molecule has 0 saturated heterocycles. The fourth-order valence-corrected chi connectivity index (χ4v) is 3.08. The molecular weight excluding hydrogens is 355 g/mol. The maximum absolute atomic E-state index is 12.7. The van der Waals surface area contributed by atoms with Crippen LogP contribution in [0.25, 0.3) is 11.1 Å². The maximum Gasteiger partial charge on any atom is 0.416 e. The molecule has 0 radical (unpaired) electrons. The molecule has 0 aromatic heterocycles. The summed E-state index contributed by atoms with van der Waals surface area (Å²) in [6, 6.07) is 18.0. The van der Waals surface area contributed by atoms with Crippen LogP contribution in [0, 0.1) is 0 Å². The fraction of sp³-hybridized carbons (Fsp3) is 0.0476.